The molecule has 0 aliphatic rings. The van der Waals surface area contributed by atoms with Gasteiger partial charge in [-0.3, -0.25) is 10.2 Å². The van der Waals surface area contributed by atoms with Crippen LogP contribution in [0.5, 0.6) is 5.75 Å². The zero-order valence-corrected chi connectivity index (χ0v) is 8.21. The van der Waals surface area contributed by atoms with Crippen molar-refractivity contribution in [2.45, 2.75) is 0 Å². The number of hydrogen-bond donors (Lipinski definition) is 4. The number of aromatic hydroxyl groups is 1. The molecular weight excluding hydrogens is 222 g/mol. The fraction of sp³-hybridized carbons (Fsp3) is 0. The zero-order chi connectivity index (χ0) is 11.4. The minimum Gasteiger partial charge on any atom is -0.506 e. The van der Waals surface area contributed by atoms with E-state index in [2.05, 4.69) is 0 Å². The quantitative estimate of drug-likeness (QED) is 0.523. The van der Waals surface area contributed by atoms with Crippen molar-refractivity contribution in [3.8, 4) is 5.75 Å². The summed E-state index contributed by atoms with van der Waals surface area (Å²) >= 11 is 5.58. The monoisotopic (exact) mass is 229 g/mol. The molecule has 1 aromatic carbocycles. The number of hydrazine groups is 1. The van der Waals surface area contributed by atoms with Crippen molar-refractivity contribution >= 4 is 23.5 Å². The molecule has 0 spiro atoms. The van der Waals surface area contributed by atoms with Crippen LogP contribution in [-0.2, 0) is 0 Å². The van der Waals surface area contributed by atoms with Crippen LogP contribution in [0.2, 0.25) is 5.02 Å². The van der Waals surface area contributed by atoms with E-state index in [1.54, 1.807) is 0 Å². The summed E-state index contributed by atoms with van der Waals surface area (Å²) in [7, 11) is 0. The second-order valence-corrected chi connectivity index (χ2v) is 3.02. The van der Waals surface area contributed by atoms with Crippen LogP contribution in [0.1, 0.15) is 10.4 Å². The fourth-order valence-electron chi connectivity index (χ4n) is 0.839. The molecule has 0 aromatic heterocycles. The summed E-state index contributed by atoms with van der Waals surface area (Å²) in [5, 5.41) is 9.13. The average molecular weight is 230 g/mol. The van der Waals surface area contributed by atoms with Crippen LogP contribution >= 0.6 is 11.6 Å². The SMILES string of the molecule is NC(=O)NNC(=O)c1ccc(O)c(Cl)c1. The first-order chi connectivity index (χ1) is 7.00. The minimum atomic E-state index is -0.881. The lowest BCUT2D eigenvalue weighted by Crippen LogP contribution is -2.44. The van der Waals surface area contributed by atoms with E-state index in [4.69, 9.17) is 22.4 Å². The molecule has 0 radical (unpaired) electrons. The average Bonchev–Trinajstić information content (AvgIpc) is 2.18. The van der Waals surface area contributed by atoms with Gasteiger partial charge in [0.25, 0.3) is 5.91 Å². The van der Waals surface area contributed by atoms with Crippen LogP contribution in [0.25, 0.3) is 0 Å². The first kappa shape index (κ1) is 11.1. The van der Waals surface area contributed by atoms with Gasteiger partial charge in [-0.25, -0.2) is 10.2 Å². The Kier molecular flexibility index (Phi) is 3.35. The highest BCUT2D eigenvalue weighted by Crippen LogP contribution is 2.23. The summed E-state index contributed by atoms with van der Waals surface area (Å²) in [6.45, 7) is 0. The zero-order valence-electron chi connectivity index (χ0n) is 7.45. The molecular formula is C8H8ClN3O3. The second kappa shape index (κ2) is 4.52. The Bertz CT molecular complexity index is 408. The van der Waals surface area contributed by atoms with Crippen LogP contribution in [0.3, 0.4) is 0 Å². The number of urea groups is 1. The molecule has 3 amide bonds. The van der Waals surface area contributed by atoms with Gasteiger partial charge in [-0.15, -0.1) is 0 Å². The van der Waals surface area contributed by atoms with E-state index in [0.29, 0.717) is 0 Å². The number of benzene rings is 1. The predicted octanol–water partition coefficient (Wildman–Crippen LogP) is 0.359. The molecule has 0 heterocycles. The lowest BCUT2D eigenvalue weighted by Gasteiger charge is -2.05. The summed E-state index contributed by atoms with van der Waals surface area (Å²) in [5.41, 5.74) is 8.88. The highest BCUT2D eigenvalue weighted by Gasteiger charge is 2.08. The van der Waals surface area contributed by atoms with Gasteiger partial charge in [-0.05, 0) is 18.2 Å². The van der Waals surface area contributed by atoms with Gasteiger partial charge in [-0.2, -0.15) is 0 Å². The fourth-order valence-corrected chi connectivity index (χ4v) is 1.02. The molecule has 0 fully saturated rings. The van der Waals surface area contributed by atoms with E-state index in [-0.39, 0.29) is 16.3 Å². The van der Waals surface area contributed by atoms with E-state index in [0.717, 1.165) is 0 Å². The van der Waals surface area contributed by atoms with Gasteiger partial charge in [0.05, 0.1) is 5.02 Å². The summed E-state index contributed by atoms with van der Waals surface area (Å²) in [6, 6.07) is 2.99. The van der Waals surface area contributed by atoms with Gasteiger partial charge in [0.1, 0.15) is 5.75 Å². The van der Waals surface area contributed by atoms with E-state index < -0.39 is 11.9 Å². The molecule has 0 atom stereocenters. The third kappa shape index (κ3) is 3.03. The third-order valence-electron chi connectivity index (χ3n) is 1.51. The molecule has 1 rings (SSSR count). The van der Waals surface area contributed by atoms with Crippen LogP contribution in [0, 0.1) is 0 Å². The molecule has 80 valence electrons. The van der Waals surface area contributed by atoms with Crippen molar-refractivity contribution in [2.24, 2.45) is 5.73 Å². The van der Waals surface area contributed by atoms with Crippen LogP contribution in [0.15, 0.2) is 18.2 Å². The summed E-state index contributed by atoms with van der Waals surface area (Å²) < 4.78 is 0. The van der Waals surface area contributed by atoms with Crippen molar-refractivity contribution in [2.75, 3.05) is 0 Å². The first-order valence-corrected chi connectivity index (χ1v) is 4.23. The Morgan fingerprint density at radius 3 is 2.53 bits per heavy atom. The van der Waals surface area contributed by atoms with E-state index in [1.165, 1.54) is 18.2 Å². The molecule has 0 aliphatic heterocycles. The standard InChI is InChI=1S/C8H8ClN3O3/c9-5-3-4(1-2-6(5)13)7(14)11-12-8(10)15/h1-3,13H,(H,11,14)(H3,10,12,15). The normalized spacial score (nSPS) is 9.40. The van der Waals surface area contributed by atoms with Gasteiger partial charge < -0.3 is 10.8 Å². The molecule has 7 heteroatoms. The van der Waals surface area contributed by atoms with Gasteiger partial charge >= 0.3 is 6.03 Å². The Morgan fingerprint density at radius 1 is 1.33 bits per heavy atom. The number of phenols is 1. The summed E-state index contributed by atoms with van der Waals surface area (Å²) in [6.07, 6.45) is 0. The Labute approximate surface area is 90.0 Å². The van der Waals surface area contributed by atoms with Crippen molar-refractivity contribution in [1.82, 2.24) is 10.9 Å². The summed E-state index contributed by atoms with van der Waals surface area (Å²) in [4.78, 5) is 21.6. The number of nitrogens with two attached hydrogens (primary N) is 1. The molecule has 6 nitrogen and oxygen atoms in total. The van der Waals surface area contributed by atoms with Gasteiger partial charge in [0.2, 0.25) is 0 Å². The highest BCUT2D eigenvalue weighted by molar-refractivity contribution is 6.32. The number of primary amides is 1. The number of hydrogen-bond acceptors (Lipinski definition) is 3. The lowest BCUT2D eigenvalue weighted by atomic mass is 10.2. The molecule has 0 saturated heterocycles. The van der Waals surface area contributed by atoms with Crippen LogP contribution in [-0.4, -0.2) is 17.0 Å². The number of amides is 3. The maximum atomic E-state index is 11.3. The third-order valence-corrected chi connectivity index (χ3v) is 1.81. The number of phenolic OH excluding ortho intramolecular Hbond substituents is 1. The van der Waals surface area contributed by atoms with Crippen molar-refractivity contribution < 1.29 is 14.7 Å². The first-order valence-electron chi connectivity index (χ1n) is 3.85. The van der Waals surface area contributed by atoms with Crippen LogP contribution < -0.4 is 16.6 Å². The molecule has 0 unspecified atom stereocenters. The van der Waals surface area contributed by atoms with Gasteiger partial charge in [-0.1, -0.05) is 11.6 Å². The van der Waals surface area contributed by atoms with E-state index >= 15 is 0 Å². The van der Waals surface area contributed by atoms with E-state index in [1.807, 2.05) is 10.9 Å². The molecule has 15 heavy (non-hydrogen) atoms. The molecule has 0 bridgehead atoms. The Morgan fingerprint density at radius 2 is 2.00 bits per heavy atom. The number of carbonyl (C=O) groups excluding carboxylic acids is 2. The number of halogens is 1. The van der Waals surface area contributed by atoms with Crippen LogP contribution in [0.4, 0.5) is 4.79 Å². The van der Waals surface area contributed by atoms with Gasteiger partial charge in [0, 0.05) is 5.56 Å². The highest BCUT2D eigenvalue weighted by atomic mass is 35.5. The van der Waals surface area contributed by atoms with Crippen molar-refractivity contribution in [3.63, 3.8) is 0 Å². The number of carbonyl (C=O) groups is 2. The van der Waals surface area contributed by atoms with Gasteiger partial charge in [0.15, 0.2) is 0 Å². The maximum absolute atomic E-state index is 11.3. The summed E-state index contributed by atoms with van der Waals surface area (Å²) in [5.74, 6) is -0.716. The molecule has 0 saturated carbocycles. The van der Waals surface area contributed by atoms with Crippen molar-refractivity contribution in [3.05, 3.63) is 28.8 Å². The maximum Gasteiger partial charge on any atom is 0.330 e. The Balaban J connectivity index is 2.74. The van der Waals surface area contributed by atoms with Crippen molar-refractivity contribution in [1.29, 1.82) is 0 Å². The smallest absolute Gasteiger partial charge is 0.330 e. The van der Waals surface area contributed by atoms with E-state index in [9.17, 15) is 9.59 Å². The lowest BCUT2D eigenvalue weighted by molar-refractivity contribution is 0.0937. The minimum absolute atomic E-state index is 0.0433. The predicted molar refractivity (Wildman–Crippen MR) is 53.3 cm³/mol. The largest absolute Gasteiger partial charge is 0.506 e. The number of nitrogens with one attached hydrogen (secondary N) is 2. The molecule has 0 aliphatic carbocycles. The molecule has 1 aromatic rings. The Hall–Kier alpha value is -1.95. The molecule has 5 N–H and O–H groups in total. The second-order valence-electron chi connectivity index (χ2n) is 2.61. The number of rotatable bonds is 1. The topological polar surface area (TPSA) is 104 Å².